The predicted octanol–water partition coefficient (Wildman–Crippen LogP) is 2.86. The average Bonchev–Trinajstić information content (AvgIpc) is 3.20. The van der Waals surface area contributed by atoms with Crippen LogP contribution < -0.4 is 15.4 Å². The average molecular weight is 348 g/mol. The van der Waals surface area contributed by atoms with Gasteiger partial charge in [0.15, 0.2) is 0 Å². The van der Waals surface area contributed by atoms with Crippen LogP contribution in [0.3, 0.4) is 0 Å². The molecule has 5 heteroatoms. The lowest BCUT2D eigenvalue weighted by atomic mass is 9.86. The van der Waals surface area contributed by atoms with E-state index in [-0.39, 0.29) is 6.10 Å². The Morgan fingerprint density at radius 1 is 1.31 bits per heavy atom. The van der Waals surface area contributed by atoms with E-state index in [9.17, 15) is 0 Å². The minimum Gasteiger partial charge on any atom is -0.487 e. The number of nitriles is 1. The normalized spacial score (nSPS) is 21.8. The molecule has 26 heavy (non-hydrogen) atoms. The van der Waals surface area contributed by atoms with E-state index < -0.39 is 0 Å². The SMILES string of the molecule is N#Cc1ccc2c(c1)CCCC2NCc1ccncc1O[C@H]1CCNC1. The van der Waals surface area contributed by atoms with Crippen LogP contribution >= 0.6 is 0 Å². The lowest BCUT2D eigenvalue weighted by Gasteiger charge is -2.27. The Balaban J connectivity index is 1.46. The molecule has 0 bridgehead atoms. The number of nitrogens with one attached hydrogen (secondary N) is 2. The van der Waals surface area contributed by atoms with Gasteiger partial charge < -0.3 is 15.4 Å². The lowest BCUT2D eigenvalue weighted by Crippen LogP contribution is -2.26. The molecular weight excluding hydrogens is 324 g/mol. The van der Waals surface area contributed by atoms with Crippen LogP contribution in [0.25, 0.3) is 0 Å². The molecule has 1 unspecified atom stereocenters. The molecule has 0 saturated carbocycles. The fourth-order valence-electron chi connectivity index (χ4n) is 3.90. The van der Waals surface area contributed by atoms with Crippen molar-refractivity contribution in [1.29, 1.82) is 5.26 Å². The highest BCUT2D eigenvalue weighted by atomic mass is 16.5. The van der Waals surface area contributed by atoms with Gasteiger partial charge in [0, 0.05) is 30.9 Å². The first-order valence-corrected chi connectivity index (χ1v) is 9.40. The van der Waals surface area contributed by atoms with E-state index in [1.165, 1.54) is 11.1 Å². The molecular formula is C21H24N4O. The topological polar surface area (TPSA) is 70.0 Å². The maximum Gasteiger partial charge on any atom is 0.142 e. The first kappa shape index (κ1) is 17.0. The summed E-state index contributed by atoms with van der Waals surface area (Å²) in [6.07, 6.45) is 8.24. The molecule has 2 aromatic rings. The molecule has 0 spiro atoms. The number of ether oxygens (including phenoxy) is 1. The van der Waals surface area contributed by atoms with Crippen LogP contribution in [-0.4, -0.2) is 24.2 Å². The van der Waals surface area contributed by atoms with E-state index in [1.54, 1.807) is 0 Å². The van der Waals surface area contributed by atoms with Crippen LogP contribution in [0, 0.1) is 11.3 Å². The summed E-state index contributed by atoms with van der Waals surface area (Å²) in [4.78, 5) is 4.23. The molecule has 2 heterocycles. The Labute approximate surface area is 154 Å². The summed E-state index contributed by atoms with van der Waals surface area (Å²) in [5, 5.41) is 16.1. The first-order chi connectivity index (χ1) is 12.8. The molecule has 0 amide bonds. The summed E-state index contributed by atoms with van der Waals surface area (Å²) in [7, 11) is 0. The number of nitrogens with zero attached hydrogens (tertiary/aromatic N) is 2. The third kappa shape index (κ3) is 3.72. The van der Waals surface area contributed by atoms with E-state index >= 15 is 0 Å². The molecule has 1 aromatic carbocycles. The number of pyridine rings is 1. The van der Waals surface area contributed by atoms with Crippen molar-refractivity contribution in [1.82, 2.24) is 15.6 Å². The number of rotatable bonds is 5. The fraction of sp³-hybridized carbons (Fsp3) is 0.429. The van der Waals surface area contributed by atoms with E-state index in [1.807, 2.05) is 30.6 Å². The maximum atomic E-state index is 9.11. The second-order valence-corrected chi connectivity index (χ2v) is 7.07. The maximum absolute atomic E-state index is 9.11. The summed E-state index contributed by atoms with van der Waals surface area (Å²) in [6, 6.07) is 10.7. The third-order valence-corrected chi connectivity index (χ3v) is 5.30. The van der Waals surface area contributed by atoms with Crippen molar-refractivity contribution in [3.8, 4) is 11.8 Å². The number of benzene rings is 1. The summed E-state index contributed by atoms with van der Waals surface area (Å²) in [5.41, 5.74) is 4.52. The van der Waals surface area contributed by atoms with Crippen LogP contribution in [0.4, 0.5) is 0 Å². The lowest BCUT2D eigenvalue weighted by molar-refractivity contribution is 0.219. The summed E-state index contributed by atoms with van der Waals surface area (Å²) < 4.78 is 6.15. The third-order valence-electron chi connectivity index (χ3n) is 5.30. The second kappa shape index (κ2) is 7.86. The highest BCUT2D eigenvalue weighted by Gasteiger charge is 2.21. The van der Waals surface area contributed by atoms with Gasteiger partial charge in [-0.1, -0.05) is 6.07 Å². The summed E-state index contributed by atoms with van der Waals surface area (Å²) in [5.74, 6) is 0.879. The highest BCUT2D eigenvalue weighted by Crippen LogP contribution is 2.31. The monoisotopic (exact) mass is 348 g/mol. The molecule has 1 saturated heterocycles. The van der Waals surface area contributed by atoms with E-state index in [0.29, 0.717) is 6.04 Å². The van der Waals surface area contributed by atoms with Crippen molar-refractivity contribution >= 4 is 0 Å². The number of hydrogen-bond donors (Lipinski definition) is 2. The molecule has 2 atom stereocenters. The quantitative estimate of drug-likeness (QED) is 0.869. The van der Waals surface area contributed by atoms with Gasteiger partial charge in [-0.3, -0.25) is 4.98 Å². The molecule has 1 fully saturated rings. The zero-order valence-corrected chi connectivity index (χ0v) is 14.9. The number of aromatic nitrogens is 1. The van der Waals surface area contributed by atoms with Crippen molar-refractivity contribution in [3.63, 3.8) is 0 Å². The molecule has 2 N–H and O–H groups in total. The van der Waals surface area contributed by atoms with Gasteiger partial charge in [-0.15, -0.1) is 0 Å². The molecule has 4 rings (SSSR count). The number of hydrogen-bond acceptors (Lipinski definition) is 5. The Bertz CT molecular complexity index is 808. The van der Waals surface area contributed by atoms with Crippen LogP contribution in [0.15, 0.2) is 36.7 Å². The first-order valence-electron chi connectivity index (χ1n) is 9.40. The molecule has 1 aliphatic heterocycles. The summed E-state index contributed by atoms with van der Waals surface area (Å²) >= 11 is 0. The largest absolute Gasteiger partial charge is 0.487 e. The second-order valence-electron chi connectivity index (χ2n) is 7.07. The molecule has 5 nitrogen and oxygen atoms in total. The van der Waals surface area contributed by atoms with Gasteiger partial charge in [-0.05, 0) is 61.6 Å². The predicted molar refractivity (Wildman–Crippen MR) is 99.8 cm³/mol. The van der Waals surface area contributed by atoms with Gasteiger partial charge in [-0.25, -0.2) is 0 Å². The Hall–Kier alpha value is -2.42. The molecule has 1 aromatic heterocycles. The van der Waals surface area contributed by atoms with Gasteiger partial charge >= 0.3 is 0 Å². The number of fused-ring (bicyclic) bond motifs is 1. The van der Waals surface area contributed by atoms with Gasteiger partial charge in [-0.2, -0.15) is 5.26 Å². The van der Waals surface area contributed by atoms with E-state index in [4.69, 9.17) is 10.00 Å². The van der Waals surface area contributed by atoms with Crippen molar-refractivity contribution in [3.05, 3.63) is 58.9 Å². The van der Waals surface area contributed by atoms with Gasteiger partial charge in [0.2, 0.25) is 0 Å². The van der Waals surface area contributed by atoms with Crippen molar-refractivity contribution < 1.29 is 4.74 Å². The van der Waals surface area contributed by atoms with Gasteiger partial charge in [0.1, 0.15) is 11.9 Å². The number of aryl methyl sites for hydroxylation is 1. The van der Waals surface area contributed by atoms with Gasteiger partial charge in [0.05, 0.1) is 17.8 Å². The minimum absolute atomic E-state index is 0.234. The van der Waals surface area contributed by atoms with Crippen molar-refractivity contribution in [2.75, 3.05) is 13.1 Å². The van der Waals surface area contributed by atoms with Crippen LogP contribution in [0.2, 0.25) is 0 Å². The Kier molecular flexibility index (Phi) is 5.14. The molecule has 1 aliphatic carbocycles. The standard InChI is InChI=1S/C21H24N4O/c22-11-15-4-5-19-16(10-15)2-1-3-20(19)25-12-17-6-8-24-14-21(17)26-18-7-9-23-13-18/h4-6,8,10,14,18,20,23,25H,1-3,7,9,12-13H2/t18-,20?/m0/s1. The molecule has 2 aliphatic rings. The van der Waals surface area contributed by atoms with Crippen molar-refractivity contribution in [2.24, 2.45) is 0 Å². The van der Waals surface area contributed by atoms with Crippen LogP contribution in [0.5, 0.6) is 5.75 Å². The zero-order valence-electron chi connectivity index (χ0n) is 14.9. The zero-order chi connectivity index (χ0) is 17.8. The fourth-order valence-corrected chi connectivity index (χ4v) is 3.90. The van der Waals surface area contributed by atoms with E-state index in [0.717, 1.165) is 62.2 Å². The Morgan fingerprint density at radius 2 is 2.27 bits per heavy atom. The van der Waals surface area contributed by atoms with Crippen LogP contribution in [0.1, 0.15) is 47.6 Å². The Morgan fingerprint density at radius 3 is 3.12 bits per heavy atom. The molecule has 0 radical (unpaired) electrons. The van der Waals surface area contributed by atoms with Crippen molar-refractivity contribution in [2.45, 2.75) is 44.4 Å². The summed E-state index contributed by atoms with van der Waals surface area (Å²) in [6.45, 7) is 2.67. The van der Waals surface area contributed by atoms with E-state index in [2.05, 4.69) is 27.8 Å². The van der Waals surface area contributed by atoms with Gasteiger partial charge in [0.25, 0.3) is 0 Å². The highest BCUT2D eigenvalue weighted by molar-refractivity contribution is 5.41. The minimum atomic E-state index is 0.234. The smallest absolute Gasteiger partial charge is 0.142 e. The van der Waals surface area contributed by atoms with Crippen LogP contribution in [-0.2, 0) is 13.0 Å². The molecule has 134 valence electrons.